The minimum absolute atomic E-state index is 0.0493. The summed E-state index contributed by atoms with van der Waals surface area (Å²) in [4.78, 5) is 4.01. The highest BCUT2D eigenvalue weighted by atomic mass is 19.3. The van der Waals surface area contributed by atoms with Gasteiger partial charge in [-0.1, -0.05) is 13.0 Å². The van der Waals surface area contributed by atoms with E-state index in [1.165, 1.54) is 7.11 Å². The Balaban J connectivity index is 1.85. The third-order valence-corrected chi connectivity index (χ3v) is 3.35. The molecule has 0 saturated heterocycles. The van der Waals surface area contributed by atoms with Gasteiger partial charge >= 0.3 is 6.61 Å². The summed E-state index contributed by atoms with van der Waals surface area (Å²) in [6, 6.07) is 5.02. The van der Waals surface area contributed by atoms with E-state index in [9.17, 15) is 8.78 Å². The predicted octanol–water partition coefficient (Wildman–Crippen LogP) is 2.92. The summed E-state index contributed by atoms with van der Waals surface area (Å²) in [7, 11) is 1.42. The van der Waals surface area contributed by atoms with Gasteiger partial charge in [-0.2, -0.15) is 8.78 Å². The van der Waals surface area contributed by atoms with E-state index in [0.717, 1.165) is 18.7 Å². The van der Waals surface area contributed by atoms with Gasteiger partial charge in [-0.25, -0.2) is 4.98 Å². The minimum Gasteiger partial charge on any atom is -0.493 e. The minimum atomic E-state index is -2.87. The van der Waals surface area contributed by atoms with Gasteiger partial charge in [0.1, 0.15) is 0 Å². The number of alkyl halides is 2. The summed E-state index contributed by atoms with van der Waals surface area (Å²) in [6.07, 6.45) is 5.46. The van der Waals surface area contributed by atoms with Crippen molar-refractivity contribution in [3.63, 3.8) is 0 Å². The molecule has 1 heterocycles. The first-order valence-electron chi connectivity index (χ1n) is 7.36. The Labute approximate surface area is 134 Å². The molecule has 126 valence electrons. The quantitative estimate of drug-likeness (QED) is 0.770. The number of aromatic nitrogens is 2. The maximum Gasteiger partial charge on any atom is 0.387 e. The highest BCUT2D eigenvalue weighted by molar-refractivity contribution is 5.42. The zero-order valence-electron chi connectivity index (χ0n) is 13.2. The Morgan fingerprint density at radius 3 is 2.78 bits per heavy atom. The third kappa shape index (κ3) is 5.52. The summed E-state index contributed by atoms with van der Waals surface area (Å²) in [5, 5.41) is 3.31. The highest BCUT2D eigenvalue weighted by Gasteiger charge is 2.11. The van der Waals surface area contributed by atoms with E-state index in [1.54, 1.807) is 24.7 Å². The second kappa shape index (κ2) is 8.47. The Morgan fingerprint density at radius 2 is 2.13 bits per heavy atom. The van der Waals surface area contributed by atoms with Crippen molar-refractivity contribution < 1.29 is 18.3 Å². The Kier molecular flexibility index (Phi) is 6.34. The average Bonchev–Trinajstić information content (AvgIpc) is 3.00. The number of rotatable bonds is 9. The molecule has 0 amide bonds. The Bertz CT molecular complexity index is 591. The molecule has 1 aromatic heterocycles. The lowest BCUT2D eigenvalue weighted by Gasteiger charge is -2.14. The summed E-state index contributed by atoms with van der Waals surface area (Å²) in [5.74, 6) is 0.759. The van der Waals surface area contributed by atoms with Crippen LogP contribution < -0.4 is 14.8 Å². The van der Waals surface area contributed by atoms with Crippen molar-refractivity contribution in [1.29, 1.82) is 0 Å². The van der Waals surface area contributed by atoms with Crippen molar-refractivity contribution in [2.24, 2.45) is 5.92 Å². The largest absolute Gasteiger partial charge is 0.493 e. The second-order valence-corrected chi connectivity index (χ2v) is 5.36. The van der Waals surface area contributed by atoms with Crippen LogP contribution >= 0.6 is 0 Å². The topological polar surface area (TPSA) is 48.3 Å². The fraction of sp³-hybridized carbons (Fsp3) is 0.438. The van der Waals surface area contributed by atoms with Gasteiger partial charge in [-0.15, -0.1) is 0 Å². The summed E-state index contributed by atoms with van der Waals surface area (Å²) >= 11 is 0. The van der Waals surface area contributed by atoms with Crippen LogP contribution in [0.3, 0.4) is 0 Å². The summed E-state index contributed by atoms with van der Waals surface area (Å²) in [6.45, 7) is 1.50. The van der Waals surface area contributed by atoms with Crippen LogP contribution in [0.25, 0.3) is 0 Å². The molecule has 1 atom stereocenters. The molecule has 0 aliphatic rings. The first-order chi connectivity index (χ1) is 11.1. The molecule has 1 N–H and O–H groups in total. The molecule has 1 aromatic carbocycles. The molecule has 0 radical (unpaired) electrons. The fourth-order valence-electron chi connectivity index (χ4n) is 2.30. The Morgan fingerprint density at radius 1 is 1.30 bits per heavy atom. The van der Waals surface area contributed by atoms with Crippen LogP contribution in [0.4, 0.5) is 8.78 Å². The van der Waals surface area contributed by atoms with Gasteiger partial charge in [-0.3, -0.25) is 0 Å². The zero-order chi connectivity index (χ0) is 16.7. The molecular formula is C16H21F2N3O2. The van der Waals surface area contributed by atoms with E-state index in [-0.39, 0.29) is 5.75 Å². The van der Waals surface area contributed by atoms with Crippen molar-refractivity contribution in [2.75, 3.05) is 13.7 Å². The standard InChI is InChI=1S/C16H21F2N3O2/c1-12(10-21-6-5-19-11-21)8-20-9-13-3-4-14(22-2)15(7-13)23-16(17)18/h3-7,11-12,16,20H,8-10H2,1-2H3. The van der Waals surface area contributed by atoms with Gasteiger partial charge in [0.2, 0.25) is 0 Å². The van der Waals surface area contributed by atoms with Crippen LogP contribution in [0, 0.1) is 5.92 Å². The molecule has 0 spiro atoms. The lowest BCUT2D eigenvalue weighted by molar-refractivity contribution is -0.0512. The highest BCUT2D eigenvalue weighted by Crippen LogP contribution is 2.29. The van der Waals surface area contributed by atoms with Crippen LogP contribution in [-0.2, 0) is 13.1 Å². The van der Waals surface area contributed by atoms with Gasteiger partial charge in [-0.05, 0) is 30.2 Å². The molecule has 5 nitrogen and oxygen atoms in total. The summed E-state index contributed by atoms with van der Waals surface area (Å²) in [5.41, 5.74) is 0.858. The first kappa shape index (κ1) is 17.2. The molecule has 2 aromatic rings. The number of nitrogens with zero attached hydrogens (tertiary/aromatic N) is 2. The molecule has 0 aliphatic carbocycles. The Hall–Kier alpha value is -2.15. The molecule has 0 saturated carbocycles. The summed E-state index contributed by atoms with van der Waals surface area (Å²) < 4.78 is 36.3. The molecule has 7 heteroatoms. The van der Waals surface area contributed by atoms with E-state index in [1.807, 2.05) is 16.8 Å². The number of benzene rings is 1. The maximum absolute atomic E-state index is 12.4. The van der Waals surface area contributed by atoms with Gasteiger partial charge in [0.15, 0.2) is 11.5 Å². The fourth-order valence-corrected chi connectivity index (χ4v) is 2.30. The normalized spacial score (nSPS) is 12.4. The van der Waals surface area contributed by atoms with Crippen LogP contribution in [-0.4, -0.2) is 29.8 Å². The van der Waals surface area contributed by atoms with E-state index in [2.05, 4.69) is 22.0 Å². The number of nitrogens with one attached hydrogen (secondary N) is 1. The second-order valence-electron chi connectivity index (χ2n) is 5.36. The van der Waals surface area contributed by atoms with Gasteiger partial charge < -0.3 is 19.4 Å². The van der Waals surface area contributed by atoms with Crippen LogP contribution in [0.5, 0.6) is 11.5 Å². The van der Waals surface area contributed by atoms with Gasteiger partial charge in [0, 0.05) is 25.5 Å². The zero-order valence-corrected chi connectivity index (χ0v) is 13.2. The molecule has 23 heavy (non-hydrogen) atoms. The van der Waals surface area contributed by atoms with Crippen LogP contribution in [0.2, 0.25) is 0 Å². The van der Waals surface area contributed by atoms with Crippen LogP contribution in [0.1, 0.15) is 12.5 Å². The monoisotopic (exact) mass is 325 g/mol. The number of halogens is 2. The van der Waals surface area contributed by atoms with Crippen molar-refractivity contribution in [3.8, 4) is 11.5 Å². The number of hydrogen-bond donors (Lipinski definition) is 1. The number of ether oxygens (including phenoxy) is 2. The van der Waals surface area contributed by atoms with Crippen molar-refractivity contribution in [1.82, 2.24) is 14.9 Å². The van der Waals surface area contributed by atoms with Crippen molar-refractivity contribution >= 4 is 0 Å². The number of methoxy groups -OCH3 is 1. The van der Waals surface area contributed by atoms with E-state index < -0.39 is 6.61 Å². The van der Waals surface area contributed by atoms with E-state index in [4.69, 9.17) is 4.74 Å². The van der Waals surface area contributed by atoms with E-state index >= 15 is 0 Å². The predicted molar refractivity (Wildman–Crippen MR) is 82.7 cm³/mol. The van der Waals surface area contributed by atoms with Crippen molar-refractivity contribution in [3.05, 3.63) is 42.5 Å². The lowest BCUT2D eigenvalue weighted by Crippen LogP contribution is -2.23. The molecule has 2 rings (SSSR count). The molecule has 0 aliphatic heterocycles. The SMILES string of the molecule is COc1ccc(CNCC(C)Cn2ccnc2)cc1OC(F)F. The van der Waals surface area contributed by atoms with Gasteiger partial charge in [0.05, 0.1) is 13.4 Å². The number of imidazole rings is 1. The van der Waals surface area contributed by atoms with Crippen molar-refractivity contribution in [2.45, 2.75) is 26.6 Å². The third-order valence-electron chi connectivity index (χ3n) is 3.35. The first-order valence-corrected chi connectivity index (χ1v) is 7.36. The number of hydrogen-bond acceptors (Lipinski definition) is 4. The molecule has 0 bridgehead atoms. The van der Waals surface area contributed by atoms with E-state index in [0.29, 0.717) is 18.2 Å². The lowest BCUT2D eigenvalue weighted by atomic mass is 10.1. The maximum atomic E-state index is 12.4. The van der Waals surface area contributed by atoms with Gasteiger partial charge in [0.25, 0.3) is 0 Å². The van der Waals surface area contributed by atoms with Crippen LogP contribution in [0.15, 0.2) is 36.9 Å². The average molecular weight is 325 g/mol. The smallest absolute Gasteiger partial charge is 0.387 e. The molecular weight excluding hydrogens is 304 g/mol. The molecule has 1 unspecified atom stereocenters. The molecule has 0 fully saturated rings.